The summed E-state index contributed by atoms with van der Waals surface area (Å²) in [5.41, 5.74) is 3.17. The number of anilines is 1. The van der Waals surface area contributed by atoms with E-state index in [-0.39, 0.29) is 23.3 Å². The second kappa shape index (κ2) is 5.48. The highest BCUT2D eigenvalue weighted by Crippen LogP contribution is 2.52. The van der Waals surface area contributed by atoms with Crippen LogP contribution in [0.2, 0.25) is 0 Å². The van der Waals surface area contributed by atoms with Gasteiger partial charge in [0.25, 0.3) is 0 Å². The number of nitrogens with zero attached hydrogens (tertiary/aromatic N) is 1. The minimum atomic E-state index is -0.990. The maximum atomic E-state index is 12.9. The summed E-state index contributed by atoms with van der Waals surface area (Å²) < 4.78 is 0. The van der Waals surface area contributed by atoms with Crippen LogP contribution in [0.3, 0.4) is 0 Å². The predicted molar refractivity (Wildman–Crippen MR) is 91.4 cm³/mol. The van der Waals surface area contributed by atoms with Crippen LogP contribution in [0.5, 0.6) is 0 Å². The largest absolute Gasteiger partial charge is 0.478 e. The third-order valence-corrected chi connectivity index (χ3v) is 5.43. The van der Waals surface area contributed by atoms with E-state index in [2.05, 4.69) is 6.07 Å². The molecule has 4 nitrogen and oxygen atoms in total. The summed E-state index contributed by atoms with van der Waals surface area (Å²) >= 11 is 0. The number of amides is 1. The third kappa shape index (κ3) is 2.21. The zero-order valence-electron chi connectivity index (χ0n) is 13.4. The Labute approximate surface area is 140 Å². The summed E-state index contributed by atoms with van der Waals surface area (Å²) in [4.78, 5) is 26.1. The van der Waals surface area contributed by atoms with Crippen LogP contribution in [0, 0.1) is 0 Å². The van der Waals surface area contributed by atoms with Crippen LogP contribution < -0.4 is 4.90 Å². The van der Waals surface area contributed by atoms with Crippen LogP contribution >= 0.6 is 0 Å². The van der Waals surface area contributed by atoms with Crippen molar-refractivity contribution in [3.63, 3.8) is 0 Å². The van der Waals surface area contributed by atoms with Crippen molar-refractivity contribution >= 4 is 17.6 Å². The number of fused-ring (bicyclic) bond motifs is 2. The first-order valence-corrected chi connectivity index (χ1v) is 8.32. The van der Waals surface area contributed by atoms with Crippen LogP contribution in [0.25, 0.3) is 0 Å². The van der Waals surface area contributed by atoms with Gasteiger partial charge in [-0.2, -0.15) is 0 Å². The minimum Gasteiger partial charge on any atom is -0.478 e. The maximum absolute atomic E-state index is 12.9. The van der Waals surface area contributed by atoms with Gasteiger partial charge in [0.15, 0.2) is 0 Å². The molecule has 1 spiro atoms. The number of carbonyl (C=O) groups is 2. The van der Waals surface area contributed by atoms with Crippen LogP contribution in [-0.4, -0.2) is 23.5 Å². The van der Waals surface area contributed by atoms with Crippen molar-refractivity contribution in [2.24, 2.45) is 0 Å². The number of carboxylic acid groups (broad SMARTS) is 1. The Balaban J connectivity index is 1.64. The van der Waals surface area contributed by atoms with Crippen LogP contribution in [-0.2, 0) is 16.6 Å². The van der Waals surface area contributed by atoms with Crippen LogP contribution in [0.4, 0.5) is 5.69 Å². The highest BCUT2D eigenvalue weighted by atomic mass is 16.4. The van der Waals surface area contributed by atoms with Crippen molar-refractivity contribution in [1.82, 2.24) is 0 Å². The van der Waals surface area contributed by atoms with Crippen LogP contribution in [0.15, 0.2) is 48.5 Å². The van der Waals surface area contributed by atoms with E-state index in [4.69, 9.17) is 0 Å². The second-order valence-electron chi connectivity index (χ2n) is 6.77. The van der Waals surface area contributed by atoms with Gasteiger partial charge in [0.1, 0.15) is 0 Å². The highest BCUT2D eigenvalue weighted by molar-refractivity contribution is 5.99. The Morgan fingerprint density at radius 2 is 1.75 bits per heavy atom. The van der Waals surface area contributed by atoms with Crippen LogP contribution in [0.1, 0.15) is 40.7 Å². The molecule has 0 bridgehead atoms. The first-order valence-electron chi connectivity index (χ1n) is 8.32. The van der Waals surface area contributed by atoms with Crippen molar-refractivity contribution in [3.05, 3.63) is 65.2 Å². The SMILES string of the molecule is O=C(O)c1ccccc1CC(=O)N1CC2(CCC2)c2ccccc21. The average molecular weight is 321 g/mol. The van der Waals surface area contributed by atoms with Crippen molar-refractivity contribution in [2.45, 2.75) is 31.1 Å². The van der Waals surface area contributed by atoms with Gasteiger partial charge in [-0.1, -0.05) is 42.8 Å². The van der Waals surface area contributed by atoms with E-state index in [1.54, 1.807) is 24.3 Å². The molecule has 1 aliphatic carbocycles. The lowest BCUT2D eigenvalue weighted by Gasteiger charge is -2.39. The Bertz CT molecular complexity index is 823. The lowest BCUT2D eigenvalue weighted by Crippen LogP contribution is -2.42. The highest BCUT2D eigenvalue weighted by Gasteiger charge is 2.48. The molecule has 1 N–H and O–H groups in total. The number of carboxylic acids is 1. The van der Waals surface area contributed by atoms with E-state index in [9.17, 15) is 14.7 Å². The molecule has 0 saturated heterocycles. The molecule has 1 heterocycles. The monoisotopic (exact) mass is 321 g/mol. The molecule has 24 heavy (non-hydrogen) atoms. The van der Waals surface area contributed by atoms with Gasteiger partial charge >= 0.3 is 5.97 Å². The second-order valence-corrected chi connectivity index (χ2v) is 6.77. The van der Waals surface area contributed by atoms with Crippen molar-refractivity contribution in [1.29, 1.82) is 0 Å². The van der Waals surface area contributed by atoms with Gasteiger partial charge in [-0.3, -0.25) is 4.79 Å². The molecule has 2 aliphatic rings. The molecule has 1 aliphatic heterocycles. The van der Waals surface area contributed by atoms with Gasteiger partial charge in [0, 0.05) is 17.6 Å². The Kier molecular flexibility index (Phi) is 3.41. The van der Waals surface area contributed by atoms with E-state index in [0.29, 0.717) is 5.56 Å². The molecule has 0 radical (unpaired) electrons. The van der Waals surface area contributed by atoms with Gasteiger partial charge in [0.05, 0.1) is 12.0 Å². The van der Waals surface area contributed by atoms with Gasteiger partial charge < -0.3 is 10.0 Å². The van der Waals surface area contributed by atoms with Crippen molar-refractivity contribution < 1.29 is 14.7 Å². The van der Waals surface area contributed by atoms with E-state index in [0.717, 1.165) is 25.1 Å². The zero-order chi connectivity index (χ0) is 16.7. The molecule has 4 heteroatoms. The average Bonchev–Trinajstić information content (AvgIpc) is 2.91. The normalized spacial score (nSPS) is 17.4. The van der Waals surface area contributed by atoms with Gasteiger partial charge in [0.2, 0.25) is 5.91 Å². The molecular weight excluding hydrogens is 302 g/mol. The number of carbonyl (C=O) groups excluding carboxylic acids is 1. The van der Waals surface area contributed by atoms with Crippen molar-refractivity contribution in [2.75, 3.05) is 11.4 Å². The first-order chi connectivity index (χ1) is 11.6. The smallest absolute Gasteiger partial charge is 0.335 e. The lowest BCUT2D eigenvalue weighted by atomic mass is 9.66. The molecule has 122 valence electrons. The Morgan fingerprint density at radius 1 is 1.04 bits per heavy atom. The molecule has 4 rings (SSSR count). The Hall–Kier alpha value is -2.62. The predicted octanol–water partition coefficient (Wildman–Crippen LogP) is 3.40. The summed E-state index contributed by atoms with van der Waals surface area (Å²) in [7, 11) is 0. The fraction of sp³-hybridized carbons (Fsp3) is 0.300. The maximum Gasteiger partial charge on any atom is 0.335 e. The van der Waals surface area contributed by atoms with E-state index >= 15 is 0 Å². The third-order valence-electron chi connectivity index (χ3n) is 5.43. The quantitative estimate of drug-likeness (QED) is 0.942. The topological polar surface area (TPSA) is 57.6 Å². The van der Waals surface area contributed by atoms with Gasteiger partial charge in [-0.25, -0.2) is 4.79 Å². The number of hydrogen-bond acceptors (Lipinski definition) is 2. The van der Waals surface area contributed by atoms with Gasteiger partial charge in [-0.05, 0) is 36.1 Å². The van der Waals surface area contributed by atoms with E-state index in [1.807, 2.05) is 23.1 Å². The molecular formula is C20H19NO3. The summed E-state index contributed by atoms with van der Waals surface area (Å²) in [5, 5.41) is 9.31. The fourth-order valence-corrected chi connectivity index (χ4v) is 4.03. The Morgan fingerprint density at radius 3 is 2.46 bits per heavy atom. The molecule has 2 aromatic rings. The molecule has 2 aromatic carbocycles. The van der Waals surface area contributed by atoms with Crippen molar-refractivity contribution in [3.8, 4) is 0 Å². The summed E-state index contributed by atoms with van der Waals surface area (Å²) in [6.07, 6.45) is 3.57. The standard InChI is InChI=1S/C20H19NO3/c22-18(12-14-6-1-2-7-15(14)19(23)24)21-13-20(10-5-11-20)16-8-3-4-9-17(16)21/h1-4,6-9H,5,10-13H2,(H,23,24). The van der Waals surface area contributed by atoms with E-state index in [1.165, 1.54) is 12.0 Å². The summed E-state index contributed by atoms with van der Waals surface area (Å²) in [6, 6.07) is 14.9. The van der Waals surface area contributed by atoms with Gasteiger partial charge in [-0.15, -0.1) is 0 Å². The number of aromatic carboxylic acids is 1. The lowest BCUT2D eigenvalue weighted by molar-refractivity contribution is -0.118. The fourth-order valence-electron chi connectivity index (χ4n) is 4.03. The molecule has 1 fully saturated rings. The minimum absolute atomic E-state index is 0.0278. The summed E-state index contributed by atoms with van der Waals surface area (Å²) in [6.45, 7) is 0.723. The first kappa shape index (κ1) is 14.9. The molecule has 0 atom stereocenters. The number of para-hydroxylation sites is 1. The number of rotatable bonds is 3. The summed E-state index contributed by atoms with van der Waals surface area (Å²) in [5.74, 6) is -1.02. The molecule has 0 aromatic heterocycles. The zero-order valence-corrected chi connectivity index (χ0v) is 13.4. The number of benzene rings is 2. The molecule has 1 amide bonds. The number of hydrogen-bond donors (Lipinski definition) is 1. The molecule has 1 saturated carbocycles. The molecule has 0 unspecified atom stereocenters. The van der Waals surface area contributed by atoms with E-state index < -0.39 is 5.97 Å².